The first-order chi connectivity index (χ1) is 12.2. The van der Waals surface area contributed by atoms with Gasteiger partial charge in [-0.2, -0.15) is 0 Å². The molecule has 25 heavy (non-hydrogen) atoms. The molecule has 0 radical (unpaired) electrons. The first-order valence-corrected chi connectivity index (χ1v) is 8.72. The van der Waals surface area contributed by atoms with E-state index in [1.165, 1.54) is 11.1 Å². The summed E-state index contributed by atoms with van der Waals surface area (Å²) in [7, 11) is 0. The molecule has 0 aromatic heterocycles. The van der Waals surface area contributed by atoms with Crippen LogP contribution in [-0.4, -0.2) is 6.29 Å². The van der Waals surface area contributed by atoms with Crippen LogP contribution in [-0.2, 0) is 6.42 Å². The molecule has 0 aliphatic heterocycles. The maximum absolute atomic E-state index is 11.0. The van der Waals surface area contributed by atoms with Crippen LogP contribution >= 0.6 is 0 Å². The van der Waals surface area contributed by atoms with Crippen molar-refractivity contribution < 1.29 is 4.79 Å². The quantitative estimate of drug-likeness (QED) is 0.500. The van der Waals surface area contributed by atoms with Gasteiger partial charge in [0, 0.05) is 22.6 Å². The van der Waals surface area contributed by atoms with E-state index in [4.69, 9.17) is 0 Å². The average molecular weight is 329 g/mol. The highest BCUT2D eigenvalue weighted by atomic mass is 16.1. The Kier molecular flexibility index (Phi) is 5.30. The molecule has 0 bridgehead atoms. The van der Waals surface area contributed by atoms with E-state index in [1.54, 1.807) is 0 Å². The fraction of sp³-hybridized carbons (Fsp3) is 0.174. The third-order valence-electron chi connectivity index (χ3n) is 4.31. The lowest BCUT2D eigenvalue weighted by Crippen LogP contribution is -2.10. The minimum absolute atomic E-state index is 0.686. The van der Waals surface area contributed by atoms with Gasteiger partial charge in [0.2, 0.25) is 0 Å². The van der Waals surface area contributed by atoms with Crippen LogP contribution < -0.4 is 4.90 Å². The Labute approximate surface area is 149 Å². The molecule has 0 saturated carbocycles. The van der Waals surface area contributed by atoms with Crippen LogP contribution in [0.15, 0.2) is 72.8 Å². The topological polar surface area (TPSA) is 20.3 Å². The number of aldehydes is 1. The summed E-state index contributed by atoms with van der Waals surface area (Å²) in [6, 6.07) is 24.9. The van der Waals surface area contributed by atoms with Gasteiger partial charge in [-0.25, -0.2) is 0 Å². The van der Waals surface area contributed by atoms with Crippen molar-refractivity contribution >= 4 is 23.3 Å². The summed E-state index contributed by atoms with van der Waals surface area (Å²) in [6.45, 7) is 4.29. The molecule has 2 nitrogen and oxygen atoms in total. The minimum Gasteiger partial charge on any atom is -0.311 e. The van der Waals surface area contributed by atoms with Gasteiger partial charge in [0.25, 0.3) is 0 Å². The van der Waals surface area contributed by atoms with E-state index in [2.05, 4.69) is 67.3 Å². The van der Waals surface area contributed by atoms with E-state index in [1.807, 2.05) is 24.3 Å². The summed E-state index contributed by atoms with van der Waals surface area (Å²) >= 11 is 0. The molecule has 0 heterocycles. The molecule has 3 aromatic rings. The van der Waals surface area contributed by atoms with Crippen LogP contribution in [0.5, 0.6) is 0 Å². The summed E-state index contributed by atoms with van der Waals surface area (Å²) < 4.78 is 0. The van der Waals surface area contributed by atoms with Crippen molar-refractivity contribution in [2.75, 3.05) is 4.90 Å². The van der Waals surface area contributed by atoms with Gasteiger partial charge in [-0.1, -0.05) is 43.2 Å². The summed E-state index contributed by atoms with van der Waals surface area (Å²) in [6.07, 6.45) is 3.12. The third-order valence-corrected chi connectivity index (χ3v) is 4.31. The van der Waals surface area contributed by atoms with Gasteiger partial charge in [0.05, 0.1) is 0 Å². The van der Waals surface area contributed by atoms with Gasteiger partial charge < -0.3 is 4.90 Å². The molecule has 0 saturated heterocycles. The molecule has 0 amide bonds. The fourth-order valence-corrected chi connectivity index (χ4v) is 2.94. The maximum Gasteiger partial charge on any atom is 0.150 e. The van der Waals surface area contributed by atoms with Crippen molar-refractivity contribution in [2.45, 2.75) is 26.7 Å². The highest BCUT2D eigenvalue weighted by Gasteiger charge is 2.12. The van der Waals surface area contributed by atoms with E-state index >= 15 is 0 Å². The smallest absolute Gasteiger partial charge is 0.150 e. The number of carbonyl (C=O) groups is 1. The summed E-state index contributed by atoms with van der Waals surface area (Å²) in [5, 5.41) is 0. The van der Waals surface area contributed by atoms with E-state index in [0.29, 0.717) is 5.56 Å². The molecule has 0 unspecified atom stereocenters. The van der Waals surface area contributed by atoms with Gasteiger partial charge in [-0.15, -0.1) is 0 Å². The van der Waals surface area contributed by atoms with E-state index in [-0.39, 0.29) is 0 Å². The SMILES string of the molecule is CCCc1ccc(N(c2ccc(C)cc2)c2ccc(C=O)cc2)cc1. The van der Waals surface area contributed by atoms with Crippen LogP contribution in [0.1, 0.15) is 34.8 Å². The van der Waals surface area contributed by atoms with Crippen LogP contribution in [0.25, 0.3) is 0 Å². The fourth-order valence-electron chi connectivity index (χ4n) is 2.94. The zero-order chi connectivity index (χ0) is 17.6. The summed E-state index contributed by atoms with van der Waals surface area (Å²) in [4.78, 5) is 13.2. The third kappa shape index (κ3) is 3.97. The molecule has 3 aromatic carbocycles. The van der Waals surface area contributed by atoms with Crippen molar-refractivity contribution in [1.29, 1.82) is 0 Å². The number of nitrogens with zero attached hydrogens (tertiary/aromatic N) is 1. The average Bonchev–Trinajstić information content (AvgIpc) is 2.66. The number of hydrogen-bond donors (Lipinski definition) is 0. The molecule has 0 aliphatic rings. The lowest BCUT2D eigenvalue weighted by Gasteiger charge is -2.26. The van der Waals surface area contributed by atoms with Crippen LogP contribution in [0.4, 0.5) is 17.1 Å². The zero-order valence-electron chi connectivity index (χ0n) is 14.8. The zero-order valence-corrected chi connectivity index (χ0v) is 14.8. The lowest BCUT2D eigenvalue weighted by atomic mass is 10.1. The molecule has 0 spiro atoms. The van der Waals surface area contributed by atoms with Crippen molar-refractivity contribution in [3.05, 3.63) is 89.5 Å². The van der Waals surface area contributed by atoms with Gasteiger partial charge in [-0.05, 0) is 67.4 Å². The minimum atomic E-state index is 0.686. The van der Waals surface area contributed by atoms with Crippen LogP contribution in [0, 0.1) is 6.92 Å². The predicted molar refractivity (Wildman–Crippen MR) is 105 cm³/mol. The first kappa shape index (κ1) is 17.0. The second-order valence-corrected chi connectivity index (χ2v) is 6.30. The maximum atomic E-state index is 11.0. The number of anilines is 3. The second kappa shape index (κ2) is 7.80. The van der Waals surface area contributed by atoms with E-state index < -0.39 is 0 Å². The highest BCUT2D eigenvalue weighted by molar-refractivity contribution is 5.80. The Morgan fingerprint density at radius 2 is 1.24 bits per heavy atom. The molecule has 2 heteroatoms. The predicted octanol–water partition coefficient (Wildman–Crippen LogP) is 6.23. The van der Waals surface area contributed by atoms with E-state index in [0.717, 1.165) is 36.2 Å². The summed E-state index contributed by atoms with van der Waals surface area (Å²) in [5.74, 6) is 0. The molecule has 0 fully saturated rings. The Morgan fingerprint density at radius 3 is 1.72 bits per heavy atom. The largest absolute Gasteiger partial charge is 0.311 e. The monoisotopic (exact) mass is 329 g/mol. The number of rotatable bonds is 6. The Bertz CT molecular complexity index is 817. The van der Waals surface area contributed by atoms with Crippen LogP contribution in [0.3, 0.4) is 0 Å². The van der Waals surface area contributed by atoms with Crippen molar-refractivity contribution in [3.8, 4) is 0 Å². The molecular weight excluding hydrogens is 306 g/mol. The lowest BCUT2D eigenvalue weighted by molar-refractivity contribution is 0.112. The van der Waals surface area contributed by atoms with Gasteiger partial charge in [0.1, 0.15) is 6.29 Å². The molecule has 126 valence electrons. The second-order valence-electron chi connectivity index (χ2n) is 6.30. The Balaban J connectivity index is 2.04. The standard InChI is InChI=1S/C23H23NO/c1-3-4-19-7-13-22(14-8-19)24(21-11-5-18(2)6-12-21)23-15-9-20(17-25)10-16-23/h5-17H,3-4H2,1-2H3. The normalized spacial score (nSPS) is 10.5. The molecular formula is C23H23NO. The van der Waals surface area contributed by atoms with Gasteiger partial charge >= 0.3 is 0 Å². The number of aryl methyl sites for hydroxylation is 2. The van der Waals surface area contributed by atoms with Crippen molar-refractivity contribution in [1.82, 2.24) is 0 Å². The molecule has 0 aliphatic carbocycles. The van der Waals surface area contributed by atoms with Gasteiger partial charge in [-0.3, -0.25) is 4.79 Å². The first-order valence-electron chi connectivity index (χ1n) is 8.72. The molecule has 0 atom stereocenters. The Hall–Kier alpha value is -2.87. The highest BCUT2D eigenvalue weighted by Crippen LogP contribution is 2.34. The van der Waals surface area contributed by atoms with Crippen molar-refractivity contribution in [3.63, 3.8) is 0 Å². The van der Waals surface area contributed by atoms with Gasteiger partial charge in [0.15, 0.2) is 0 Å². The molecule has 0 N–H and O–H groups in total. The van der Waals surface area contributed by atoms with Crippen LogP contribution in [0.2, 0.25) is 0 Å². The Morgan fingerprint density at radius 1 is 0.760 bits per heavy atom. The molecule has 3 rings (SSSR count). The van der Waals surface area contributed by atoms with E-state index in [9.17, 15) is 4.79 Å². The number of benzene rings is 3. The number of hydrogen-bond acceptors (Lipinski definition) is 2. The number of carbonyl (C=O) groups excluding carboxylic acids is 1. The summed E-state index contributed by atoms with van der Waals surface area (Å²) in [5.41, 5.74) is 6.53. The van der Waals surface area contributed by atoms with Crippen molar-refractivity contribution in [2.24, 2.45) is 0 Å².